The van der Waals surface area contributed by atoms with Gasteiger partial charge >= 0.3 is 0 Å². The molecule has 3 N–H and O–H groups in total. The van der Waals surface area contributed by atoms with Crippen molar-refractivity contribution in [3.63, 3.8) is 0 Å². The number of nitrogens with zero attached hydrogens (tertiary/aromatic N) is 1. The number of piperidine rings is 1. The summed E-state index contributed by atoms with van der Waals surface area (Å²) in [6.07, 6.45) is 1.32. The Balaban J connectivity index is 2.13. The highest BCUT2D eigenvalue weighted by molar-refractivity contribution is 5.80. The minimum Gasteiger partial charge on any atom is -0.393 e. The van der Waals surface area contributed by atoms with Gasteiger partial charge in [-0.2, -0.15) is 0 Å². The average Bonchev–Trinajstić information content (AvgIpc) is 2.47. The van der Waals surface area contributed by atoms with Gasteiger partial charge in [-0.3, -0.25) is 9.69 Å². The number of benzene rings is 1. The molecule has 2 rings (SSSR count). The molecule has 1 saturated heterocycles. The summed E-state index contributed by atoms with van der Waals surface area (Å²) in [7, 11) is 0. The van der Waals surface area contributed by atoms with E-state index in [1.807, 2.05) is 0 Å². The number of aldehydes is 1. The Morgan fingerprint density at radius 1 is 1.48 bits per heavy atom. The molecular formula is C15H19FN2O3. The van der Waals surface area contributed by atoms with Gasteiger partial charge in [0.15, 0.2) is 0 Å². The number of hydrogen-bond acceptors (Lipinski definition) is 4. The number of hydrogen-bond donors (Lipinski definition) is 2. The summed E-state index contributed by atoms with van der Waals surface area (Å²) in [6, 6.07) is 4.74. The molecule has 3 unspecified atom stereocenters. The van der Waals surface area contributed by atoms with Gasteiger partial charge in [0.05, 0.1) is 18.2 Å². The molecule has 1 aromatic rings. The van der Waals surface area contributed by atoms with Crippen molar-refractivity contribution in [3.05, 3.63) is 35.6 Å². The molecule has 3 atom stereocenters. The third-order valence-corrected chi connectivity index (χ3v) is 3.89. The number of aliphatic hydroxyl groups excluding tert-OH is 1. The van der Waals surface area contributed by atoms with Crippen molar-refractivity contribution in [1.29, 1.82) is 0 Å². The molecule has 1 fully saturated rings. The normalized spacial score (nSPS) is 24.5. The van der Waals surface area contributed by atoms with Crippen LogP contribution in [-0.4, -0.2) is 46.9 Å². The Hall–Kier alpha value is -1.79. The molecule has 1 aliphatic rings. The number of likely N-dealkylation sites (tertiary alicyclic amines) is 1. The number of carbonyl (C=O) groups is 2. The van der Waals surface area contributed by atoms with E-state index < -0.39 is 24.1 Å². The monoisotopic (exact) mass is 294 g/mol. The quantitative estimate of drug-likeness (QED) is 0.762. The maximum absolute atomic E-state index is 12.9. The van der Waals surface area contributed by atoms with Crippen molar-refractivity contribution in [3.8, 4) is 0 Å². The molecule has 0 aromatic heterocycles. The Kier molecular flexibility index (Phi) is 5.03. The van der Waals surface area contributed by atoms with E-state index in [1.54, 1.807) is 17.0 Å². The maximum Gasteiger partial charge on any atom is 0.234 e. The van der Waals surface area contributed by atoms with Crippen molar-refractivity contribution in [2.45, 2.75) is 37.5 Å². The van der Waals surface area contributed by atoms with Crippen molar-refractivity contribution < 1.29 is 19.1 Å². The number of primary amides is 1. The predicted molar refractivity (Wildman–Crippen MR) is 74.9 cm³/mol. The van der Waals surface area contributed by atoms with Crippen molar-refractivity contribution in [2.75, 3.05) is 6.54 Å². The zero-order valence-electron chi connectivity index (χ0n) is 11.6. The summed E-state index contributed by atoms with van der Waals surface area (Å²) < 4.78 is 12.9. The second kappa shape index (κ2) is 6.78. The minimum absolute atomic E-state index is 0.239. The van der Waals surface area contributed by atoms with Gasteiger partial charge in [-0.25, -0.2) is 4.39 Å². The third kappa shape index (κ3) is 3.86. The molecule has 6 heteroatoms. The van der Waals surface area contributed by atoms with Crippen LogP contribution < -0.4 is 5.73 Å². The summed E-state index contributed by atoms with van der Waals surface area (Å²) in [4.78, 5) is 24.7. The van der Waals surface area contributed by atoms with E-state index in [9.17, 15) is 19.1 Å². The van der Waals surface area contributed by atoms with Gasteiger partial charge in [0.1, 0.15) is 12.1 Å². The highest BCUT2D eigenvalue weighted by Gasteiger charge is 2.35. The van der Waals surface area contributed by atoms with Gasteiger partial charge in [-0.15, -0.1) is 0 Å². The van der Waals surface area contributed by atoms with Gasteiger partial charge < -0.3 is 15.6 Å². The number of nitrogens with two attached hydrogens (primary N) is 1. The number of halogens is 1. The summed E-state index contributed by atoms with van der Waals surface area (Å²) in [6.45, 7) is 0.430. The number of rotatable bonds is 5. The lowest BCUT2D eigenvalue weighted by Crippen LogP contribution is -2.56. The van der Waals surface area contributed by atoms with E-state index >= 15 is 0 Å². The lowest BCUT2D eigenvalue weighted by atomic mass is 9.95. The van der Waals surface area contributed by atoms with Crippen LogP contribution in [0.5, 0.6) is 0 Å². The molecule has 21 heavy (non-hydrogen) atoms. The predicted octanol–water partition coefficient (Wildman–Crippen LogP) is 0.246. The Bertz CT molecular complexity index is 506. The Morgan fingerprint density at radius 2 is 2.14 bits per heavy atom. The average molecular weight is 294 g/mol. The molecule has 0 saturated carbocycles. The largest absolute Gasteiger partial charge is 0.393 e. The van der Waals surface area contributed by atoms with E-state index in [2.05, 4.69) is 0 Å². The molecule has 1 heterocycles. The van der Waals surface area contributed by atoms with E-state index in [0.29, 0.717) is 19.4 Å². The van der Waals surface area contributed by atoms with Crippen molar-refractivity contribution in [1.82, 2.24) is 4.90 Å². The van der Waals surface area contributed by atoms with Crippen molar-refractivity contribution >= 4 is 12.2 Å². The van der Waals surface area contributed by atoms with E-state index in [1.165, 1.54) is 12.1 Å². The molecule has 5 nitrogen and oxygen atoms in total. The minimum atomic E-state index is -0.649. The lowest BCUT2D eigenvalue weighted by Gasteiger charge is -2.39. The number of amides is 1. The lowest BCUT2D eigenvalue weighted by molar-refractivity contribution is -0.129. The van der Waals surface area contributed by atoms with Gasteiger partial charge in [-0.1, -0.05) is 12.1 Å². The molecule has 1 aliphatic heterocycles. The third-order valence-electron chi connectivity index (χ3n) is 3.89. The summed E-state index contributed by atoms with van der Waals surface area (Å²) >= 11 is 0. The standard InChI is InChI=1S/C15H19FN2O3/c16-11-3-1-10(2-4-11)7-12(9-19)18-6-5-13(20)8-14(18)15(17)21/h1-4,9,12-14,20H,5-8H2,(H2,17,21). The molecular weight excluding hydrogens is 275 g/mol. The van der Waals surface area contributed by atoms with Crippen LogP contribution in [0.3, 0.4) is 0 Å². The number of aliphatic hydroxyl groups is 1. The summed E-state index contributed by atoms with van der Waals surface area (Å²) in [5.41, 5.74) is 6.18. The van der Waals surface area contributed by atoms with Gasteiger partial charge in [-0.05, 0) is 37.0 Å². The van der Waals surface area contributed by atoms with Crippen LogP contribution in [0.4, 0.5) is 4.39 Å². The van der Waals surface area contributed by atoms with Crippen LogP contribution in [0.2, 0.25) is 0 Å². The molecule has 0 bridgehead atoms. The highest BCUT2D eigenvalue weighted by atomic mass is 19.1. The van der Waals surface area contributed by atoms with Crippen LogP contribution in [0.15, 0.2) is 24.3 Å². The maximum atomic E-state index is 12.9. The fourth-order valence-electron chi connectivity index (χ4n) is 2.75. The fraction of sp³-hybridized carbons (Fsp3) is 0.467. The first-order chi connectivity index (χ1) is 10.0. The SMILES string of the molecule is NC(=O)C1CC(O)CCN1C(C=O)Cc1ccc(F)cc1. The Labute approximate surface area is 122 Å². The van der Waals surface area contributed by atoms with Crippen LogP contribution in [-0.2, 0) is 16.0 Å². The summed E-state index contributed by atoms with van der Waals surface area (Å²) in [5, 5.41) is 9.66. The van der Waals surface area contributed by atoms with Crippen LogP contribution in [0.1, 0.15) is 18.4 Å². The zero-order valence-corrected chi connectivity index (χ0v) is 11.6. The van der Waals surface area contributed by atoms with E-state index in [4.69, 9.17) is 5.73 Å². The van der Waals surface area contributed by atoms with Gasteiger partial charge in [0, 0.05) is 6.54 Å². The smallest absolute Gasteiger partial charge is 0.234 e. The van der Waals surface area contributed by atoms with Crippen LogP contribution >= 0.6 is 0 Å². The van der Waals surface area contributed by atoms with Gasteiger partial charge in [0.2, 0.25) is 5.91 Å². The molecule has 0 aliphatic carbocycles. The molecule has 0 spiro atoms. The number of carbonyl (C=O) groups excluding carboxylic acids is 2. The fourth-order valence-corrected chi connectivity index (χ4v) is 2.75. The van der Waals surface area contributed by atoms with E-state index in [0.717, 1.165) is 11.8 Å². The first kappa shape index (κ1) is 15.6. The second-order valence-corrected chi connectivity index (χ2v) is 5.37. The summed E-state index contributed by atoms with van der Waals surface area (Å²) in [5.74, 6) is -0.878. The van der Waals surface area contributed by atoms with Crippen LogP contribution in [0, 0.1) is 5.82 Å². The molecule has 1 aromatic carbocycles. The first-order valence-electron chi connectivity index (χ1n) is 6.94. The Morgan fingerprint density at radius 3 is 2.71 bits per heavy atom. The van der Waals surface area contributed by atoms with E-state index in [-0.39, 0.29) is 12.2 Å². The highest BCUT2D eigenvalue weighted by Crippen LogP contribution is 2.21. The van der Waals surface area contributed by atoms with Crippen LogP contribution in [0.25, 0.3) is 0 Å². The topological polar surface area (TPSA) is 83.6 Å². The first-order valence-corrected chi connectivity index (χ1v) is 6.94. The van der Waals surface area contributed by atoms with Gasteiger partial charge in [0.25, 0.3) is 0 Å². The molecule has 1 amide bonds. The molecule has 114 valence electrons. The zero-order chi connectivity index (χ0) is 15.4. The molecule has 0 radical (unpaired) electrons. The van der Waals surface area contributed by atoms with Crippen molar-refractivity contribution in [2.24, 2.45) is 5.73 Å². The second-order valence-electron chi connectivity index (χ2n) is 5.37.